The molecule has 0 aromatic carbocycles. The first-order valence-corrected chi connectivity index (χ1v) is 15.0. The van der Waals surface area contributed by atoms with Crippen molar-refractivity contribution in [2.75, 3.05) is 26.6 Å². The third kappa shape index (κ3) is 22.9. The maximum atomic E-state index is 6.18. The van der Waals surface area contributed by atoms with Crippen molar-refractivity contribution in [2.24, 2.45) is 0 Å². The minimum Gasteiger partial charge on any atom is -0.491 e. The van der Waals surface area contributed by atoms with E-state index in [0.29, 0.717) is 12.6 Å². The van der Waals surface area contributed by atoms with Crippen LogP contribution in [-0.4, -0.2) is 26.6 Å². The average Bonchev–Trinajstić information content (AvgIpc) is 2.84. The molecule has 0 aromatic rings. The highest BCUT2D eigenvalue weighted by atomic mass is 16.7. The van der Waals surface area contributed by atoms with E-state index >= 15 is 0 Å². The van der Waals surface area contributed by atoms with Gasteiger partial charge in [-0.05, 0) is 25.7 Å². The summed E-state index contributed by atoms with van der Waals surface area (Å²) in [4.78, 5) is 0. The molecule has 0 aliphatic heterocycles. The third-order valence-corrected chi connectivity index (χ3v) is 6.13. The lowest BCUT2D eigenvalue weighted by Crippen LogP contribution is -2.10. The molecular formula is C30H60O4. The summed E-state index contributed by atoms with van der Waals surface area (Å²) in [6.45, 7) is 11.3. The molecule has 0 spiro atoms. The Morgan fingerprint density at radius 3 is 1.38 bits per heavy atom. The van der Waals surface area contributed by atoms with E-state index in [1.54, 1.807) is 0 Å². The summed E-state index contributed by atoms with van der Waals surface area (Å²) in [6, 6.07) is 0. The summed E-state index contributed by atoms with van der Waals surface area (Å²) < 4.78 is 23.8. The summed E-state index contributed by atoms with van der Waals surface area (Å²) in [6.07, 6.45) is 24.8. The van der Waals surface area contributed by atoms with Gasteiger partial charge in [0.1, 0.15) is 0 Å². The SMILES string of the molecule is CCCCCCCCCCOC(CCC)=C(OCCCCCCCCCC)OCOCCCC. The van der Waals surface area contributed by atoms with E-state index in [4.69, 9.17) is 18.9 Å². The van der Waals surface area contributed by atoms with E-state index in [9.17, 15) is 0 Å². The molecule has 0 unspecified atom stereocenters. The van der Waals surface area contributed by atoms with Crippen molar-refractivity contribution < 1.29 is 18.9 Å². The molecular weight excluding hydrogens is 424 g/mol. The van der Waals surface area contributed by atoms with Crippen LogP contribution in [0.3, 0.4) is 0 Å². The van der Waals surface area contributed by atoms with Gasteiger partial charge in [0.25, 0.3) is 0 Å². The minimum absolute atomic E-state index is 0.237. The number of hydrogen-bond donors (Lipinski definition) is 0. The number of unbranched alkanes of at least 4 members (excludes halogenated alkanes) is 15. The maximum absolute atomic E-state index is 6.18. The predicted octanol–water partition coefficient (Wildman–Crippen LogP) is 10.1. The molecule has 0 saturated carbocycles. The molecule has 0 bridgehead atoms. The summed E-state index contributed by atoms with van der Waals surface area (Å²) in [5.74, 6) is 1.42. The summed E-state index contributed by atoms with van der Waals surface area (Å²) in [7, 11) is 0. The molecule has 0 radical (unpaired) electrons. The quantitative estimate of drug-likeness (QED) is 0.0628. The molecule has 0 aromatic heterocycles. The minimum atomic E-state index is 0.237. The molecule has 0 heterocycles. The molecule has 4 nitrogen and oxygen atoms in total. The van der Waals surface area contributed by atoms with Crippen LogP contribution in [-0.2, 0) is 18.9 Å². The number of allylic oxidation sites excluding steroid dienone is 1. The van der Waals surface area contributed by atoms with E-state index in [0.717, 1.165) is 57.5 Å². The van der Waals surface area contributed by atoms with Gasteiger partial charge in [0, 0.05) is 6.42 Å². The van der Waals surface area contributed by atoms with E-state index in [1.165, 1.54) is 89.9 Å². The zero-order valence-corrected chi connectivity index (χ0v) is 23.6. The van der Waals surface area contributed by atoms with E-state index < -0.39 is 0 Å². The molecule has 0 N–H and O–H groups in total. The molecule has 0 amide bonds. The smallest absolute Gasteiger partial charge is 0.321 e. The average molecular weight is 485 g/mol. The fraction of sp³-hybridized carbons (Fsp3) is 0.933. The molecule has 0 fully saturated rings. The first-order valence-electron chi connectivity index (χ1n) is 15.0. The van der Waals surface area contributed by atoms with E-state index in [-0.39, 0.29) is 6.79 Å². The van der Waals surface area contributed by atoms with Crippen LogP contribution in [0, 0.1) is 0 Å². The highest BCUT2D eigenvalue weighted by Crippen LogP contribution is 2.18. The van der Waals surface area contributed by atoms with Crippen LogP contribution < -0.4 is 0 Å². The van der Waals surface area contributed by atoms with Crippen molar-refractivity contribution >= 4 is 0 Å². The summed E-state index contributed by atoms with van der Waals surface area (Å²) in [5, 5.41) is 0. The Morgan fingerprint density at radius 1 is 0.412 bits per heavy atom. The van der Waals surface area contributed by atoms with Crippen LogP contribution in [0.2, 0.25) is 0 Å². The van der Waals surface area contributed by atoms with Crippen LogP contribution in [0.5, 0.6) is 0 Å². The first-order chi connectivity index (χ1) is 16.8. The Hall–Kier alpha value is -0.900. The standard InChI is InChI=1S/C30H60O4/c1-5-9-12-14-16-18-20-22-26-32-29(24-8-4)30(34-28-31-25-11-7-3)33-27-23-21-19-17-15-13-10-6-2/h5-28H2,1-4H3. The fourth-order valence-corrected chi connectivity index (χ4v) is 3.90. The van der Waals surface area contributed by atoms with Gasteiger partial charge in [0.05, 0.1) is 19.8 Å². The zero-order chi connectivity index (χ0) is 25.0. The number of rotatable bonds is 28. The highest BCUT2D eigenvalue weighted by molar-refractivity contribution is 4.95. The normalized spacial score (nSPS) is 12.0. The third-order valence-electron chi connectivity index (χ3n) is 6.13. The Kier molecular flexibility index (Phi) is 27.6. The second kappa shape index (κ2) is 28.3. The van der Waals surface area contributed by atoms with Crippen molar-refractivity contribution in [2.45, 2.75) is 156 Å². The van der Waals surface area contributed by atoms with Gasteiger partial charge in [0.2, 0.25) is 0 Å². The van der Waals surface area contributed by atoms with Crippen molar-refractivity contribution in [3.8, 4) is 0 Å². The van der Waals surface area contributed by atoms with Gasteiger partial charge in [-0.2, -0.15) is 0 Å². The molecule has 0 aliphatic rings. The summed E-state index contributed by atoms with van der Waals surface area (Å²) in [5.41, 5.74) is 0. The first kappa shape index (κ1) is 33.1. The molecule has 0 aliphatic carbocycles. The van der Waals surface area contributed by atoms with Crippen LogP contribution in [0.15, 0.2) is 11.7 Å². The molecule has 204 valence electrons. The van der Waals surface area contributed by atoms with Crippen LogP contribution in [0.4, 0.5) is 0 Å². The summed E-state index contributed by atoms with van der Waals surface area (Å²) >= 11 is 0. The lowest BCUT2D eigenvalue weighted by molar-refractivity contribution is -0.0843. The molecule has 0 atom stereocenters. The Bertz CT molecular complexity index is 422. The van der Waals surface area contributed by atoms with E-state index in [1.807, 2.05) is 0 Å². The molecule has 0 rings (SSSR count). The fourth-order valence-electron chi connectivity index (χ4n) is 3.90. The maximum Gasteiger partial charge on any atom is 0.321 e. The van der Waals surface area contributed by atoms with Crippen LogP contribution in [0.25, 0.3) is 0 Å². The Morgan fingerprint density at radius 2 is 0.882 bits per heavy atom. The van der Waals surface area contributed by atoms with Crippen LogP contribution >= 0.6 is 0 Å². The number of ether oxygens (including phenoxy) is 4. The topological polar surface area (TPSA) is 36.9 Å². The van der Waals surface area contributed by atoms with Gasteiger partial charge in [-0.25, -0.2) is 0 Å². The largest absolute Gasteiger partial charge is 0.491 e. The second-order valence-electron chi connectivity index (χ2n) is 9.63. The Balaban J connectivity index is 4.40. The van der Waals surface area contributed by atoms with Crippen LogP contribution in [0.1, 0.15) is 156 Å². The Labute approximate surface area is 213 Å². The van der Waals surface area contributed by atoms with Crippen molar-refractivity contribution in [3.05, 3.63) is 11.7 Å². The van der Waals surface area contributed by atoms with Gasteiger partial charge in [-0.1, -0.05) is 124 Å². The second-order valence-corrected chi connectivity index (χ2v) is 9.63. The van der Waals surface area contributed by atoms with Gasteiger partial charge in [-0.3, -0.25) is 0 Å². The predicted molar refractivity (Wildman–Crippen MR) is 146 cm³/mol. The highest BCUT2D eigenvalue weighted by Gasteiger charge is 2.12. The van der Waals surface area contributed by atoms with Gasteiger partial charge in [0.15, 0.2) is 12.6 Å². The van der Waals surface area contributed by atoms with Crippen molar-refractivity contribution in [1.29, 1.82) is 0 Å². The van der Waals surface area contributed by atoms with E-state index in [2.05, 4.69) is 27.7 Å². The van der Waals surface area contributed by atoms with Crippen molar-refractivity contribution in [3.63, 3.8) is 0 Å². The van der Waals surface area contributed by atoms with Gasteiger partial charge in [-0.15, -0.1) is 0 Å². The molecule has 4 heteroatoms. The lowest BCUT2D eigenvalue weighted by Gasteiger charge is -2.17. The van der Waals surface area contributed by atoms with Gasteiger partial charge < -0.3 is 18.9 Å². The van der Waals surface area contributed by atoms with Gasteiger partial charge >= 0.3 is 5.95 Å². The number of hydrogen-bond acceptors (Lipinski definition) is 4. The molecule has 34 heavy (non-hydrogen) atoms. The lowest BCUT2D eigenvalue weighted by atomic mass is 10.1. The zero-order valence-electron chi connectivity index (χ0n) is 23.6. The monoisotopic (exact) mass is 484 g/mol. The van der Waals surface area contributed by atoms with Crippen molar-refractivity contribution in [1.82, 2.24) is 0 Å². The molecule has 0 saturated heterocycles.